The van der Waals surface area contributed by atoms with Crippen molar-refractivity contribution in [1.29, 1.82) is 0 Å². The van der Waals surface area contributed by atoms with Gasteiger partial charge in [-0.25, -0.2) is 0 Å². The van der Waals surface area contributed by atoms with E-state index in [-0.39, 0.29) is 0 Å². The summed E-state index contributed by atoms with van der Waals surface area (Å²) in [6.45, 7) is 5.78. The van der Waals surface area contributed by atoms with E-state index in [1.54, 1.807) is 14.2 Å². The van der Waals surface area contributed by atoms with Gasteiger partial charge >= 0.3 is 0 Å². The van der Waals surface area contributed by atoms with Crippen LogP contribution in [-0.2, 0) is 12.8 Å². The predicted molar refractivity (Wildman–Crippen MR) is 149 cm³/mol. The van der Waals surface area contributed by atoms with Crippen molar-refractivity contribution in [1.82, 2.24) is 20.2 Å². The van der Waals surface area contributed by atoms with E-state index in [1.165, 1.54) is 70.1 Å². The van der Waals surface area contributed by atoms with Gasteiger partial charge in [0.2, 0.25) is 0 Å². The Labute approximate surface area is 218 Å². The van der Waals surface area contributed by atoms with Gasteiger partial charge in [-0.1, -0.05) is 13.3 Å². The number of aromatic amines is 2. The summed E-state index contributed by atoms with van der Waals surface area (Å²) in [6, 6.07) is 13.8. The van der Waals surface area contributed by atoms with Crippen LogP contribution in [0.15, 0.2) is 36.4 Å². The molecule has 1 saturated heterocycles. The van der Waals surface area contributed by atoms with E-state index in [1.807, 2.05) is 0 Å². The number of hydrogen-bond donors (Lipinski definition) is 3. The van der Waals surface area contributed by atoms with Crippen LogP contribution in [0.2, 0.25) is 0 Å². The van der Waals surface area contributed by atoms with Gasteiger partial charge in [0.15, 0.2) is 0 Å². The quantitative estimate of drug-likeness (QED) is 0.321. The molecule has 3 aliphatic heterocycles. The topological polar surface area (TPSA) is 65.3 Å². The molecule has 0 spiro atoms. The van der Waals surface area contributed by atoms with Crippen molar-refractivity contribution in [2.45, 2.75) is 51.1 Å². The smallest absolute Gasteiger partial charge is 0.119 e. The summed E-state index contributed by atoms with van der Waals surface area (Å²) >= 11 is 0. The van der Waals surface area contributed by atoms with Crippen molar-refractivity contribution in [3.05, 3.63) is 58.9 Å². The van der Waals surface area contributed by atoms with E-state index in [2.05, 4.69) is 63.5 Å². The first-order chi connectivity index (χ1) is 18.2. The zero-order valence-electron chi connectivity index (χ0n) is 22.2. The number of aromatic nitrogens is 2. The van der Waals surface area contributed by atoms with E-state index in [4.69, 9.17) is 9.47 Å². The molecular formula is C31H38N4O2. The number of ether oxygens (including phenoxy) is 2. The molecule has 0 bridgehead atoms. The molecule has 37 heavy (non-hydrogen) atoms. The second kappa shape index (κ2) is 9.10. The van der Waals surface area contributed by atoms with Crippen molar-refractivity contribution in [3.63, 3.8) is 0 Å². The first-order valence-corrected chi connectivity index (χ1v) is 14.0. The molecule has 5 heterocycles. The minimum atomic E-state index is 0.378. The standard InChI is InChI=1S/C31H38N4O2/c1-4-18-17-35-12-10-23-25-16-21(37-3)6-8-27(25)34-31(23)29(35)14-19(18)13-28-30-22(9-11-32-28)24-15-20(36-2)5-7-26(24)33-30/h5-8,15-16,18-19,28-29,32-34H,4,9-14,17H2,1-3H3/t18-,19-,28+,29+/m0/s1. The number of nitrogens with one attached hydrogen (secondary N) is 3. The lowest BCUT2D eigenvalue weighted by molar-refractivity contribution is 0.0419. The third-order valence-electron chi connectivity index (χ3n) is 9.55. The van der Waals surface area contributed by atoms with Gasteiger partial charge in [0.1, 0.15) is 11.5 Å². The summed E-state index contributed by atoms with van der Waals surface area (Å²) in [7, 11) is 3.51. The molecule has 0 unspecified atom stereocenters. The highest BCUT2D eigenvalue weighted by atomic mass is 16.5. The van der Waals surface area contributed by atoms with Crippen LogP contribution in [0.5, 0.6) is 11.5 Å². The maximum absolute atomic E-state index is 5.54. The van der Waals surface area contributed by atoms with Crippen LogP contribution in [0.25, 0.3) is 21.8 Å². The first kappa shape index (κ1) is 23.2. The second-order valence-electron chi connectivity index (χ2n) is 11.3. The predicted octanol–water partition coefficient (Wildman–Crippen LogP) is 5.89. The first-order valence-electron chi connectivity index (χ1n) is 14.0. The SMILES string of the molecule is CC[C@H]1CN2CCc3c([nH]c4ccc(OC)cc34)[C@H]2C[C@@H]1C[C@H]1NCCc2c1[nH]c1ccc(OC)cc21. The van der Waals surface area contributed by atoms with Crippen LogP contribution in [0.1, 0.15) is 60.8 Å². The average Bonchev–Trinajstić information content (AvgIpc) is 3.51. The Morgan fingerprint density at radius 2 is 1.54 bits per heavy atom. The summed E-state index contributed by atoms with van der Waals surface area (Å²) < 4.78 is 11.1. The Bertz CT molecular complexity index is 1450. The highest BCUT2D eigenvalue weighted by molar-refractivity contribution is 5.87. The number of methoxy groups -OCH3 is 2. The summed E-state index contributed by atoms with van der Waals surface area (Å²) in [5.41, 5.74) is 8.30. The Kier molecular flexibility index (Phi) is 5.70. The molecular weight excluding hydrogens is 460 g/mol. The fraction of sp³-hybridized carbons (Fsp3) is 0.484. The molecule has 2 aromatic carbocycles. The zero-order valence-corrected chi connectivity index (χ0v) is 22.2. The number of rotatable bonds is 5. The third-order valence-corrected chi connectivity index (χ3v) is 9.55. The van der Waals surface area contributed by atoms with Crippen molar-refractivity contribution in [3.8, 4) is 11.5 Å². The molecule has 194 valence electrons. The number of benzene rings is 2. The molecule has 4 atom stereocenters. The van der Waals surface area contributed by atoms with Gasteiger partial charge in [-0.15, -0.1) is 0 Å². The van der Waals surface area contributed by atoms with E-state index in [0.29, 0.717) is 18.0 Å². The molecule has 7 rings (SSSR count). The maximum Gasteiger partial charge on any atom is 0.119 e. The van der Waals surface area contributed by atoms with Crippen molar-refractivity contribution in [2.75, 3.05) is 33.9 Å². The Morgan fingerprint density at radius 3 is 2.22 bits per heavy atom. The lowest BCUT2D eigenvalue weighted by Gasteiger charge is -2.47. The van der Waals surface area contributed by atoms with E-state index in [0.717, 1.165) is 43.3 Å². The van der Waals surface area contributed by atoms with Gasteiger partial charge in [-0.3, -0.25) is 4.90 Å². The summed E-state index contributed by atoms with van der Waals surface area (Å²) in [4.78, 5) is 10.4. The molecule has 4 aromatic rings. The molecule has 6 heteroatoms. The fourth-order valence-corrected chi connectivity index (χ4v) is 7.61. The molecule has 0 amide bonds. The van der Waals surface area contributed by atoms with E-state index >= 15 is 0 Å². The summed E-state index contributed by atoms with van der Waals surface area (Å²) in [5.74, 6) is 3.30. The number of piperidine rings is 1. The van der Waals surface area contributed by atoms with E-state index < -0.39 is 0 Å². The highest BCUT2D eigenvalue weighted by Gasteiger charge is 2.41. The van der Waals surface area contributed by atoms with Crippen molar-refractivity contribution in [2.24, 2.45) is 11.8 Å². The van der Waals surface area contributed by atoms with Crippen LogP contribution in [0, 0.1) is 11.8 Å². The Morgan fingerprint density at radius 1 is 0.865 bits per heavy atom. The molecule has 1 fully saturated rings. The monoisotopic (exact) mass is 498 g/mol. The van der Waals surface area contributed by atoms with Gasteiger partial charge < -0.3 is 24.8 Å². The van der Waals surface area contributed by atoms with Gasteiger partial charge in [0, 0.05) is 52.3 Å². The lowest BCUT2D eigenvalue weighted by Crippen LogP contribution is -2.46. The van der Waals surface area contributed by atoms with Crippen molar-refractivity contribution >= 4 is 21.8 Å². The molecule has 0 aliphatic carbocycles. The van der Waals surface area contributed by atoms with Gasteiger partial charge in [-0.2, -0.15) is 0 Å². The van der Waals surface area contributed by atoms with Crippen LogP contribution in [-0.4, -0.2) is 48.7 Å². The lowest BCUT2D eigenvalue weighted by atomic mass is 9.74. The van der Waals surface area contributed by atoms with Gasteiger partial charge in [0.25, 0.3) is 0 Å². The minimum Gasteiger partial charge on any atom is -0.497 e. The molecule has 6 nitrogen and oxygen atoms in total. The van der Waals surface area contributed by atoms with Crippen LogP contribution in [0.4, 0.5) is 0 Å². The Balaban J connectivity index is 1.20. The molecule has 3 aliphatic rings. The highest BCUT2D eigenvalue weighted by Crippen LogP contribution is 2.47. The van der Waals surface area contributed by atoms with Crippen molar-refractivity contribution < 1.29 is 9.47 Å². The van der Waals surface area contributed by atoms with Crippen LogP contribution < -0.4 is 14.8 Å². The van der Waals surface area contributed by atoms with Gasteiger partial charge in [0.05, 0.1) is 20.3 Å². The molecule has 0 radical (unpaired) electrons. The minimum absolute atomic E-state index is 0.378. The Hall–Kier alpha value is -2.96. The molecule has 0 saturated carbocycles. The van der Waals surface area contributed by atoms with Crippen LogP contribution in [0.3, 0.4) is 0 Å². The molecule has 2 aromatic heterocycles. The van der Waals surface area contributed by atoms with Crippen LogP contribution >= 0.6 is 0 Å². The average molecular weight is 499 g/mol. The molecule has 3 N–H and O–H groups in total. The normalized spacial score (nSPS) is 25.6. The summed E-state index contributed by atoms with van der Waals surface area (Å²) in [5, 5.41) is 6.55. The van der Waals surface area contributed by atoms with Gasteiger partial charge in [-0.05, 0) is 91.6 Å². The fourth-order valence-electron chi connectivity index (χ4n) is 7.61. The van der Waals surface area contributed by atoms with E-state index in [9.17, 15) is 0 Å². The number of hydrogen-bond acceptors (Lipinski definition) is 4. The third kappa shape index (κ3) is 3.76. The number of H-pyrrole nitrogens is 2. The second-order valence-corrected chi connectivity index (χ2v) is 11.3. The number of fused-ring (bicyclic) bond motifs is 8. The zero-order chi connectivity index (χ0) is 25.1. The number of nitrogens with zero attached hydrogens (tertiary/aromatic N) is 1. The maximum atomic E-state index is 5.54. The largest absolute Gasteiger partial charge is 0.497 e. The summed E-state index contributed by atoms with van der Waals surface area (Å²) in [6.07, 6.45) is 5.83.